The lowest BCUT2D eigenvalue weighted by Crippen LogP contribution is -2.30. The molecule has 17 heavy (non-hydrogen) atoms. The molecule has 1 rings (SSSR count). The van der Waals surface area contributed by atoms with E-state index in [1.54, 1.807) is 6.20 Å². The van der Waals surface area contributed by atoms with Crippen molar-refractivity contribution >= 4 is 33.3 Å². The molecule has 96 valence electrons. The van der Waals surface area contributed by atoms with E-state index in [0.29, 0.717) is 10.9 Å². The van der Waals surface area contributed by atoms with Crippen LogP contribution in [0.5, 0.6) is 0 Å². The maximum atomic E-state index is 6.24. The zero-order valence-electron chi connectivity index (χ0n) is 10.7. The normalized spacial score (nSPS) is 10.9. The minimum Gasteiger partial charge on any atom is -0.355 e. The van der Waals surface area contributed by atoms with Gasteiger partial charge in [0.2, 0.25) is 0 Å². The van der Waals surface area contributed by atoms with Gasteiger partial charge in [-0.25, -0.2) is 4.98 Å². The Hall–Kier alpha value is -0.280. The highest BCUT2D eigenvalue weighted by atomic mass is 79.9. The van der Waals surface area contributed by atoms with Crippen LogP contribution in [0.25, 0.3) is 0 Å². The van der Waals surface area contributed by atoms with E-state index in [4.69, 9.17) is 11.6 Å². The van der Waals surface area contributed by atoms with Crippen molar-refractivity contribution in [1.82, 2.24) is 4.98 Å². The average Bonchev–Trinajstić information content (AvgIpc) is 2.32. The number of hydrogen-bond donors (Lipinski definition) is 0. The van der Waals surface area contributed by atoms with Gasteiger partial charge in [-0.1, -0.05) is 38.3 Å². The minimum absolute atomic E-state index is 0.705. The van der Waals surface area contributed by atoms with Gasteiger partial charge in [0.05, 0.1) is 5.02 Å². The van der Waals surface area contributed by atoms with Crippen LogP contribution in [-0.4, -0.2) is 18.1 Å². The van der Waals surface area contributed by atoms with Crippen LogP contribution < -0.4 is 4.90 Å². The summed E-state index contributed by atoms with van der Waals surface area (Å²) in [6, 6.07) is 1.90. The summed E-state index contributed by atoms with van der Waals surface area (Å²) in [6.45, 7) is 8.57. The molecular formula is C13H20BrClN2. The molecule has 0 spiro atoms. The van der Waals surface area contributed by atoms with E-state index < -0.39 is 0 Å². The second-order valence-electron chi connectivity index (χ2n) is 4.18. The van der Waals surface area contributed by atoms with Crippen LogP contribution in [0.3, 0.4) is 0 Å². The molecule has 4 heteroatoms. The van der Waals surface area contributed by atoms with Crippen LogP contribution in [0.15, 0.2) is 16.7 Å². The van der Waals surface area contributed by atoms with E-state index in [9.17, 15) is 0 Å². The van der Waals surface area contributed by atoms with Crippen molar-refractivity contribution in [3.63, 3.8) is 0 Å². The van der Waals surface area contributed by atoms with Gasteiger partial charge in [0.1, 0.15) is 5.82 Å². The lowest BCUT2D eigenvalue weighted by atomic mass is 10.0. The predicted molar refractivity (Wildman–Crippen MR) is 78.9 cm³/mol. The molecule has 1 aromatic rings. The molecule has 0 amide bonds. The molecule has 1 heterocycles. The maximum Gasteiger partial charge on any atom is 0.147 e. The molecule has 0 fully saturated rings. The van der Waals surface area contributed by atoms with Crippen molar-refractivity contribution in [1.29, 1.82) is 0 Å². The summed E-state index contributed by atoms with van der Waals surface area (Å²) >= 11 is 9.62. The van der Waals surface area contributed by atoms with Crippen molar-refractivity contribution < 1.29 is 0 Å². The smallest absolute Gasteiger partial charge is 0.147 e. The average molecular weight is 320 g/mol. The van der Waals surface area contributed by atoms with Crippen molar-refractivity contribution in [2.24, 2.45) is 5.92 Å². The first-order valence-electron chi connectivity index (χ1n) is 6.18. The third-order valence-electron chi connectivity index (χ3n) is 3.10. The van der Waals surface area contributed by atoms with Crippen LogP contribution >= 0.6 is 27.5 Å². The van der Waals surface area contributed by atoms with Crippen LogP contribution in [0.4, 0.5) is 5.82 Å². The zero-order valence-corrected chi connectivity index (χ0v) is 13.1. The number of halogens is 2. The second-order valence-corrected chi connectivity index (χ2v) is 5.50. The monoisotopic (exact) mass is 318 g/mol. The standard InChI is InChI=1S/C13H20BrClN2/c1-4-10(5-2)9-17(6-3)13-12(15)7-11(14)8-16-13/h7-8,10H,4-6,9H2,1-3H3. The number of aromatic nitrogens is 1. The van der Waals surface area contributed by atoms with Crippen molar-refractivity contribution in [3.05, 3.63) is 21.8 Å². The van der Waals surface area contributed by atoms with Gasteiger partial charge in [0.15, 0.2) is 0 Å². The molecule has 0 N–H and O–H groups in total. The van der Waals surface area contributed by atoms with E-state index in [1.807, 2.05) is 6.07 Å². The fraction of sp³-hybridized carbons (Fsp3) is 0.615. The van der Waals surface area contributed by atoms with Crippen LogP contribution in [0.1, 0.15) is 33.6 Å². The van der Waals surface area contributed by atoms with Crippen LogP contribution in [-0.2, 0) is 0 Å². The van der Waals surface area contributed by atoms with Gasteiger partial charge in [0.25, 0.3) is 0 Å². The largest absolute Gasteiger partial charge is 0.355 e. The summed E-state index contributed by atoms with van der Waals surface area (Å²) in [7, 11) is 0. The van der Waals surface area contributed by atoms with Gasteiger partial charge in [-0.2, -0.15) is 0 Å². The Morgan fingerprint density at radius 1 is 1.35 bits per heavy atom. The minimum atomic E-state index is 0.705. The first-order chi connectivity index (χ1) is 8.12. The van der Waals surface area contributed by atoms with Crippen molar-refractivity contribution in [2.75, 3.05) is 18.0 Å². The quantitative estimate of drug-likeness (QED) is 0.751. The molecule has 0 unspecified atom stereocenters. The first kappa shape index (κ1) is 14.8. The number of nitrogens with zero attached hydrogens (tertiary/aromatic N) is 2. The molecule has 0 aliphatic heterocycles. The van der Waals surface area contributed by atoms with Crippen molar-refractivity contribution in [3.8, 4) is 0 Å². The highest BCUT2D eigenvalue weighted by molar-refractivity contribution is 9.10. The Morgan fingerprint density at radius 2 is 2.00 bits per heavy atom. The van der Waals surface area contributed by atoms with E-state index in [1.165, 1.54) is 12.8 Å². The third kappa shape index (κ3) is 4.14. The number of hydrogen-bond acceptors (Lipinski definition) is 2. The molecule has 0 aromatic carbocycles. The molecular weight excluding hydrogens is 300 g/mol. The topological polar surface area (TPSA) is 16.1 Å². The van der Waals surface area contributed by atoms with Gasteiger partial charge in [0, 0.05) is 23.8 Å². The number of anilines is 1. The van der Waals surface area contributed by atoms with Crippen LogP contribution in [0.2, 0.25) is 5.02 Å². The molecule has 0 radical (unpaired) electrons. The highest BCUT2D eigenvalue weighted by Gasteiger charge is 2.14. The highest BCUT2D eigenvalue weighted by Crippen LogP contribution is 2.27. The molecule has 0 bridgehead atoms. The van der Waals surface area contributed by atoms with Gasteiger partial charge >= 0.3 is 0 Å². The van der Waals surface area contributed by atoms with E-state index in [2.05, 4.69) is 46.6 Å². The summed E-state index contributed by atoms with van der Waals surface area (Å²) in [5, 5.41) is 0.715. The molecule has 0 aliphatic rings. The fourth-order valence-corrected chi connectivity index (χ4v) is 2.61. The molecule has 2 nitrogen and oxygen atoms in total. The molecule has 0 saturated carbocycles. The van der Waals surface area contributed by atoms with Gasteiger partial charge < -0.3 is 4.90 Å². The SMILES string of the molecule is CCC(CC)CN(CC)c1ncc(Br)cc1Cl. The summed E-state index contributed by atoms with van der Waals surface area (Å²) in [6.07, 6.45) is 4.19. The molecule has 0 atom stereocenters. The molecule has 0 saturated heterocycles. The first-order valence-corrected chi connectivity index (χ1v) is 7.35. The van der Waals surface area contributed by atoms with E-state index in [0.717, 1.165) is 23.4 Å². The second kappa shape index (κ2) is 7.22. The maximum absolute atomic E-state index is 6.24. The molecule has 1 aromatic heterocycles. The number of pyridine rings is 1. The Kier molecular flexibility index (Phi) is 6.28. The Bertz CT molecular complexity index is 353. The summed E-state index contributed by atoms with van der Waals surface area (Å²) in [4.78, 5) is 6.67. The van der Waals surface area contributed by atoms with E-state index in [-0.39, 0.29) is 0 Å². The number of rotatable bonds is 6. The van der Waals surface area contributed by atoms with E-state index >= 15 is 0 Å². The Balaban J connectivity index is 2.85. The summed E-state index contributed by atoms with van der Waals surface area (Å²) in [5.74, 6) is 1.60. The Labute approximate surface area is 118 Å². The zero-order chi connectivity index (χ0) is 12.8. The lowest BCUT2D eigenvalue weighted by molar-refractivity contribution is 0.484. The van der Waals surface area contributed by atoms with Gasteiger partial charge in [-0.05, 0) is 34.8 Å². The Morgan fingerprint density at radius 3 is 2.47 bits per heavy atom. The van der Waals surface area contributed by atoms with Gasteiger partial charge in [-0.3, -0.25) is 0 Å². The molecule has 0 aliphatic carbocycles. The van der Waals surface area contributed by atoms with Gasteiger partial charge in [-0.15, -0.1) is 0 Å². The van der Waals surface area contributed by atoms with Crippen LogP contribution in [0, 0.1) is 5.92 Å². The fourth-order valence-electron chi connectivity index (χ4n) is 1.86. The lowest BCUT2D eigenvalue weighted by Gasteiger charge is -2.27. The summed E-state index contributed by atoms with van der Waals surface area (Å²) in [5.41, 5.74) is 0. The summed E-state index contributed by atoms with van der Waals surface area (Å²) < 4.78 is 0.921. The predicted octanol–water partition coefficient (Wildman–Crippen LogP) is 4.76. The third-order valence-corrected chi connectivity index (χ3v) is 3.81. The van der Waals surface area contributed by atoms with Crippen molar-refractivity contribution in [2.45, 2.75) is 33.6 Å².